The molecule has 0 aromatic carbocycles. The summed E-state index contributed by atoms with van der Waals surface area (Å²) in [4.78, 5) is -4.12. The van der Waals surface area contributed by atoms with Crippen molar-refractivity contribution in [3.63, 3.8) is 0 Å². The van der Waals surface area contributed by atoms with E-state index in [0.29, 0.717) is 0 Å². The van der Waals surface area contributed by atoms with Gasteiger partial charge in [-0.05, 0) is 21.7 Å². The molecule has 0 aliphatic carbocycles. The van der Waals surface area contributed by atoms with Gasteiger partial charge in [-0.3, -0.25) is 0 Å². The van der Waals surface area contributed by atoms with Crippen LogP contribution in [0, 0.1) is 0 Å². The lowest BCUT2D eigenvalue weighted by Gasteiger charge is -2.19. The lowest BCUT2D eigenvalue weighted by Crippen LogP contribution is -2.35. The van der Waals surface area contributed by atoms with Gasteiger partial charge in [0.2, 0.25) is 0 Å². The topological polar surface area (TPSA) is 0 Å². The number of alkyl halides is 5. The third-order valence-corrected chi connectivity index (χ3v) is 1.64. The van der Waals surface area contributed by atoms with Crippen LogP contribution in [0.25, 0.3) is 0 Å². The van der Waals surface area contributed by atoms with Crippen molar-refractivity contribution in [1.29, 1.82) is 0 Å². The van der Waals surface area contributed by atoms with E-state index in [9.17, 15) is 17.6 Å². The maximum absolute atomic E-state index is 12.1. The molecule has 0 fully saturated rings. The lowest BCUT2D eigenvalue weighted by molar-refractivity contribution is -0.147. The average Bonchev–Trinajstić information content (AvgIpc) is 1.61. The minimum Gasteiger partial charge on any atom is -0.199 e. The minimum atomic E-state index is -4.12. The molecule has 0 unspecified atom stereocenters. The Hall–Kier alpha value is 0.550. The molecule has 0 aromatic rings. The largest absolute Gasteiger partial charge is 0.363 e. The van der Waals surface area contributed by atoms with Crippen LogP contribution < -0.4 is 0 Å². The highest BCUT2D eigenvalue weighted by atomic mass is 79.9. The predicted octanol–water partition coefficient (Wildman–Crippen LogP) is 2.93. The Labute approximate surface area is 69.5 Å². The van der Waals surface area contributed by atoms with Gasteiger partial charge < -0.3 is 0 Å². The summed E-state index contributed by atoms with van der Waals surface area (Å²) in [6.07, 6.45) is -0.936. The highest BCUT2D eigenvalue weighted by molar-refractivity contribution is 9.10. The Morgan fingerprint density at radius 1 is 1.20 bits per heavy atom. The first kappa shape index (κ1) is 10.6. The molecule has 0 aliphatic heterocycles. The molecular formula is C4H5BrF4S. The smallest absolute Gasteiger partial charge is 0.199 e. The standard InChI is InChI=1S/C4H5BrF4S/c5-4(8,9)3(6,7)1-2-10/h10H,1-2H2. The Morgan fingerprint density at radius 3 is 1.70 bits per heavy atom. The van der Waals surface area contributed by atoms with Gasteiger partial charge in [-0.2, -0.15) is 30.2 Å². The van der Waals surface area contributed by atoms with Crippen molar-refractivity contribution in [2.24, 2.45) is 0 Å². The second-order valence-electron chi connectivity index (χ2n) is 1.68. The van der Waals surface area contributed by atoms with Gasteiger partial charge in [0.1, 0.15) is 0 Å². The summed E-state index contributed by atoms with van der Waals surface area (Å²) in [5.74, 6) is -4.27. The zero-order chi connectivity index (χ0) is 8.41. The molecule has 0 spiro atoms. The fraction of sp³-hybridized carbons (Fsp3) is 1.00. The maximum atomic E-state index is 12.1. The number of rotatable bonds is 3. The highest BCUT2D eigenvalue weighted by Crippen LogP contribution is 2.41. The van der Waals surface area contributed by atoms with E-state index in [1.807, 2.05) is 0 Å². The fourth-order valence-electron chi connectivity index (χ4n) is 0.282. The van der Waals surface area contributed by atoms with Crippen LogP contribution in [-0.2, 0) is 0 Å². The van der Waals surface area contributed by atoms with E-state index in [1.165, 1.54) is 0 Å². The van der Waals surface area contributed by atoms with E-state index < -0.39 is 17.2 Å². The Morgan fingerprint density at radius 2 is 1.60 bits per heavy atom. The van der Waals surface area contributed by atoms with Crippen LogP contribution in [0.4, 0.5) is 17.6 Å². The van der Waals surface area contributed by atoms with Gasteiger partial charge in [-0.1, -0.05) is 0 Å². The zero-order valence-electron chi connectivity index (χ0n) is 4.75. The molecule has 0 heterocycles. The first-order valence-corrected chi connectivity index (χ1v) is 3.79. The SMILES string of the molecule is FC(F)(Br)C(F)(F)CCS. The molecule has 10 heavy (non-hydrogen) atoms. The third-order valence-electron chi connectivity index (χ3n) is 0.841. The van der Waals surface area contributed by atoms with E-state index in [1.54, 1.807) is 15.9 Å². The van der Waals surface area contributed by atoms with Gasteiger partial charge in [0, 0.05) is 6.42 Å². The van der Waals surface area contributed by atoms with Crippen LogP contribution >= 0.6 is 28.6 Å². The van der Waals surface area contributed by atoms with Crippen molar-refractivity contribution in [2.45, 2.75) is 17.2 Å². The first-order chi connectivity index (χ1) is 4.31. The lowest BCUT2D eigenvalue weighted by atomic mass is 10.3. The summed E-state index contributed by atoms with van der Waals surface area (Å²) in [7, 11) is 0. The quantitative estimate of drug-likeness (QED) is 0.438. The summed E-state index contributed by atoms with van der Waals surface area (Å²) in [5, 5.41) is 0. The van der Waals surface area contributed by atoms with E-state index in [2.05, 4.69) is 12.6 Å². The van der Waals surface area contributed by atoms with Gasteiger partial charge in [-0.25, -0.2) is 0 Å². The minimum absolute atomic E-state index is 0.270. The highest BCUT2D eigenvalue weighted by Gasteiger charge is 2.53. The van der Waals surface area contributed by atoms with E-state index in [0.717, 1.165) is 0 Å². The van der Waals surface area contributed by atoms with Crippen LogP contribution in [0.15, 0.2) is 0 Å². The van der Waals surface area contributed by atoms with Crippen molar-refractivity contribution in [3.8, 4) is 0 Å². The molecular weight excluding hydrogens is 236 g/mol. The second-order valence-corrected chi connectivity index (χ2v) is 3.12. The monoisotopic (exact) mass is 240 g/mol. The van der Waals surface area contributed by atoms with Crippen molar-refractivity contribution in [2.75, 3.05) is 5.75 Å². The van der Waals surface area contributed by atoms with Crippen LogP contribution in [0.1, 0.15) is 6.42 Å². The van der Waals surface area contributed by atoms with Gasteiger partial charge in [0.15, 0.2) is 0 Å². The molecule has 6 heteroatoms. The molecule has 0 amide bonds. The Bertz CT molecular complexity index is 110. The summed E-state index contributed by atoms with van der Waals surface area (Å²) in [5.41, 5.74) is 0. The predicted molar refractivity (Wildman–Crippen MR) is 37.3 cm³/mol. The normalized spacial score (nSPS) is 13.8. The average molecular weight is 241 g/mol. The molecule has 0 aromatic heterocycles. The van der Waals surface area contributed by atoms with Crippen LogP contribution in [0.2, 0.25) is 0 Å². The Kier molecular flexibility index (Phi) is 3.48. The molecule has 0 saturated carbocycles. The molecule has 0 saturated heterocycles. The molecule has 62 valence electrons. The maximum Gasteiger partial charge on any atom is 0.363 e. The van der Waals surface area contributed by atoms with Gasteiger partial charge >= 0.3 is 10.8 Å². The molecule has 0 radical (unpaired) electrons. The summed E-state index contributed by atoms with van der Waals surface area (Å²) >= 11 is 5.00. The van der Waals surface area contributed by atoms with Crippen molar-refractivity contribution >= 4 is 28.6 Å². The first-order valence-electron chi connectivity index (χ1n) is 2.36. The molecule has 0 N–H and O–H groups in total. The number of hydrogen-bond acceptors (Lipinski definition) is 1. The summed E-state index contributed by atoms with van der Waals surface area (Å²) < 4.78 is 47.8. The summed E-state index contributed by atoms with van der Waals surface area (Å²) in [6, 6.07) is 0. The van der Waals surface area contributed by atoms with Crippen LogP contribution in [0.5, 0.6) is 0 Å². The van der Waals surface area contributed by atoms with Crippen molar-refractivity contribution in [3.05, 3.63) is 0 Å². The molecule has 0 aliphatic rings. The van der Waals surface area contributed by atoms with E-state index in [4.69, 9.17) is 0 Å². The van der Waals surface area contributed by atoms with Gasteiger partial charge in [-0.15, -0.1) is 0 Å². The van der Waals surface area contributed by atoms with Gasteiger partial charge in [0.05, 0.1) is 0 Å². The second kappa shape index (κ2) is 3.30. The third kappa shape index (κ3) is 2.65. The molecule has 0 bridgehead atoms. The molecule has 0 atom stereocenters. The molecule has 0 nitrogen and oxygen atoms in total. The fourth-order valence-corrected chi connectivity index (χ4v) is 0.761. The van der Waals surface area contributed by atoms with Crippen molar-refractivity contribution in [1.82, 2.24) is 0 Å². The van der Waals surface area contributed by atoms with E-state index in [-0.39, 0.29) is 5.75 Å². The van der Waals surface area contributed by atoms with Crippen LogP contribution in [0.3, 0.4) is 0 Å². The van der Waals surface area contributed by atoms with Crippen LogP contribution in [-0.4, -0.2) is 16.5 Å². The summed E-state index contributed by atoms with van der Waals surface area (Å²) in [6.45, 7) is 0. The van der Waals surface area contributed by atoms with Crippen molar-refractivity contribution < 1.29 is 17.6 Å². The number of hydrogen-bond donors (Lipinski definition) is 1. The molecule has 0 rings (SSSR count). The zero-order valence-corrected chi connectivity index (χ0v) is 7.23. The Balaban J connectivity index is 4.10. The van der Waals surface area contributed by atoms with E-state index >= 15 is 0 Å². The number of thiol groups is 1. The number of halogens is 5. The van der Waals surface area contributed by atoms with Gasteiger partial charge in [0.25, 0.3) is 0 Å².